The second-order valence-corrected chi connectivity index (χ2v) is 13.2. The van der Waals surface area contributed by atoms with E-state index in [1.807, 2.05) is 0 Å². The number of carboxylic acids is 2. The molecule has 0 atom stereocenters. The predicted molar refractivity (Wildman–Crippen MR) is 186 cm³/mol. The van der Waals surface area contributed by atoms with E-state index in [0.29, 0.717) is 23.0 Å². The Hall–Kier alpha value is -7.16. The molecule has 5 aromatic rings. The lowest BCUT2D eigenvalue weighted by Crippen LogP contribution is -2.43. The zero-order valence-corrected chi connectivity index (χ0v) is 28.0. The third-order valence-electron chi connectivity index (χ3n) is 9.85. The summed E-state index contributed by atoms with van der Waals surface area (Å²) >= 11 is 0. The fourth-order valence-electron chi connectivity index (χ4n) is 7.21. The van der Waals surface area contributed by atoms with E-state index < -0.39 is 35.6 Å². The summed E-state index contributed by atoms with van der Waals surface area (Å²) in [6.07, 6.45) is 0. The molecule has 0 fully saturated rings. The maximum absolute atomic E-state index is 13.4. The molecule has 14 heteroatoms. The van der Waals surface area contributed by atoms with Gasteiger partial charge >= 0.3 is 11.9 Å². The van der Waals surface area contributed by atoms with Gasteiger partial charge in [-0.3, -0.25) is 19.2 Å². The average Bonchev–Trinajstić information content (AvgIpc) is 3.89. The van der Waals surface area contributed by atoms with Crippen molar-refractivity contribution >= 4 is 35.6 Å². The van der Waals surface area contributed by atoms with Crippen LogP contribution in [0.25, 0.3) is 0 Å². The number of hydrazine groups is 2. The zero-order valence-electron chi connectivity index (χ0n) is 28.0. The van der Waals surface area contributed by atoms with Gasteiger partial charge in [0, 0.05) is 26.2 Å². The number of carbonyl (C=O) groups excluding carboxylic acids is 4. The molecule has 4 heterocycles. The lowest BCUT2D eigenvalue weighted by molar-refractivity contribution is -0.00191. The van der Waals surface area contributed by atoms with Crippen LogP contribution >= 0.6 is 0 Å². The quantitative estimate of drug-likeness (QED) is 0.187. The number of imide groups is 2. The van der Waals surface area contributed by atoms with Gasteiger partial charge in [0.25, 0.3) is 23.6 Å². The lowest BCUT2D eigenvalue weighted by Gasteiger charge is -2.24. The van der Waals surface area contributed by atoms with Crippen LogP contribution in [-0.4, -0.2) is 65.8 Å². The summed E-state index contributed by atoms with van der Waals surface area (Å²) in [6.45, 7) is 0.986. The third-order valence-corrected chi connectivity index (χ3v) is 9.85. The second-order valence-electron chi connectivity index (χ2n) is 13.2. The highest BCUT2D eigenvalue weighted by Crippen LogP contribution is 2.36. The van der Waals surface area contributed by atoms with Gasteiger partial charge in [-0.1, -0.05) is 12.1 Å². The van der Waals surface area contributed by atoms with E-state index in [9.17, 15) is 39.0 Å². The van der Waals surface area contributed by atoms with Crippen molar-refractivity contribution in [3.63, 3.8) is 0 Å². The van der Waals surface area contributed by atoms with Crippen LogP contribution in [0, 0.1) is 0 Å². The Labute approximate surface area is 305 Å². The number of benzene rings is 5. The summed E-state index contributed by atoms with van der Waals surface area (Å²) in [5, 5.41) is 24.0. The molecule has 14 nitrogen and oxygen atoms in total. The largest absolute Gasteiger partial charge is 0.478 e. The Kier molecular flexibility index (Phi) is 7.41. The minimum Gasteiger partial charge on any atom is -0.478 e. The van der Waals surface area contributed by atoms with Gasteiger partial charge in [0.1, 0.15) is 23.0 Å². The molecule has 0 aliphatic carbocycles. The summed E-state index contributed by atoms with van der Waals surface area (Å²) in [7, 11) is 0. The molecular weight excluding hydrogens is 696 g/mol. The van der Waals surface area contributed by atoms with Crippen molar-refractivity contribution in [2.45, 2.75) is 26.2 Å². The Morgan fingerprint density at radius 2 is 0.778 bits per heavy atom. The highest BCUT2D eigenvalue weighted by atomic mass is 16.5. The van der Waals surface area contributed by atoms with Crippen molar-refractivity contribution in [2.75, 3.05) is 0 Å². The van der Waals surface area contributed by atoms with Crippen molar-refractivity contribution in [3.05, 3.63) is 153 Å². The van der Waals surface area contributed by atoms with Gasteiger partial charge in [-0.15, -0.1) is 0 Å². The molecule has 0 bridgehead atoms. The van der Waals surface area contributed by atoms with E-state index in [4.69, 9.17) is 9.47 Å². The van der Waals surface area contributed by atoms with E-state index >= 15 is 0 Å². The van der Waals surface area contributed by atoms with Gasteiger partial charge in [0.15, 0.2) is 0 Å². The highest BCUT2D eigenvalue weighted by Gasteiger charge is 2.43. The first-order valence-electron chi connectivity index (χ1n) is 16.7. The van der Waals surface area contributed by atoms with Crippen LogP contribution < -0.4 is 9.47 Å². The molecule has 0 radical (unpaired) electrons. The van der Waals surface area contributed by atoms with E-state index in [1.54, 1.807) is 70.7 Å². The summed E-state index contributed by atoms with van der Waals surface area (Å²) < 4.78 is 12.0. The van der Waals surface area contributed by atoms with Gasteiger partial charge in [-0.2, -0.15) is 0 Å². The molecule has 54 heavy (non-hydrogen) atoms. The van der Waals surface area contributed by atoms with Crippen molar-refractivity contribution < 1.29 is 48.5 Å². The summed E-state index contributed by atoms with van der Waals surface area (Å²) in [5.74, 6) is -2.56. The summed E-state index contributed by atoms with van der Waals surface area (Å²) in [5.41, 5.74) is 4.25. The number of hydrogen-bond acceptors (Lipinski definition) is 10. The number of aromatic carboxylic acids is 2. The number of nitrogens with zero attached hydrogens (tertiary/aromatic N) is 4. The Bertz CT molecular complexity index is 2360. The number of carbonyl (C=O) groups is 6. The van der Waals surface area contributed by atoms with Gasteiger partial charge in [0.05, 0.1) is 33.4 Å². The minimum atomic E-state index is -1.05. The molecule has 0 spiro atoms. The Morgan fingerprint density at radius 3 is 1.17 bits per heavy atom. The monoisotopic (exact) mass is 722 g/mol. The maximum atomic E-state index is 13.4. The van der Waals surface area contributed by atoms with Gasteiger partial charge in [0.2, 0.25) is 0 Å². The maximum Gasteiger partial charge on any atom is 0.335 e. The molecule has 5 aromatic carbocycles. The first kappa shape index (κ1) is 32.7. The van der Waals surface area contributed by atoms with Crippen LogP contribution in [0.1, 0.15) is 84.4 Å². The number of hydrogen-bond donors (Lipinski definition) is 2. The number of rotatable bonds is 8. The van der Waals surface area contributed by atoms with Crippen LogP contribution in [0.3, 0.4) is 0 Å². The molecule has 0 saturated carbocycles. The van der Waals surface area contributed by atoms with E-state index in [1.165, 1.54) is 36.4 Å². The first-order valence-corrected chi connectivity index (χ1v) is 16.7. The fourth-order valence-corrected chi connectivity index (χ4v) is 7.21. The van der Waals surface area contributed by atoms with E-state index in [2.05, 4.69) is 0 Å². The average molecular weight is 723 g/mol. The molecule has 0 unspecified atom stereocenters. The van der Waals surface area contributed by atoms with Crippen LogP contribution in [0.4, 0.5) is 0 Å². The predicted octanol–water partition coefficient (Wildman–Crippen LogP) is 5.72. The molecule has 2 N–H and O–H groups in total. The SMILES string of the molecule is O=C(O)c1ccc2c(c1)CN(N1C(=O)c3ccc(Oc4ccc(Oc5ccc6c(c5)C(=O)N(N5Cc7ccc(C(=O)O)cc7C5)C6=O)cc4)cc3C1=O)C2. The molecular formula is C40H26N4O10. The lowest BCUT2D eigenvalue weighted by atomic mass is 10.1. The number of fused-ring (bicyclic) bond motifs is 4. The van der Waals surface area contributed by atoms with Gasteiger partial charge in [-0.05, 0) is 107 Å². The first-order chi connectivity index (χ1) is 26.0. The van der Waals surface area contributed by atoms with Crippen LogP contribution in [0.15, 0.2) is 97.1 Å². The molecule has 4 aliphatic rings. The number of ether oxygens (including phenoxy) is 2. The highest BCUT2D eigenvalue weighted by molar-refractivity contribution is 6.22. The molecule has 4 amide bonds. The standard InChI is InChI=1S/C40H26N4O10/c45-35-31-11-9-29(15-33(31)37(47)43(35)41-17-23-3-1-21(39(49)50)13-25(23)19-41)53-27-5-7-28(8-6-27)54-30-10-12-32-34(16-30)38(48)44(36(32)46)42-18-24-4-2-22(40(51)52)14-26(24)20-42/h1-16H,17-20H2,(H,49,50)(H,51,52). The minimum absolute atomic E-state index is 0.135. The molecule has 4 aliphatic heterocycles. The van der Waals surface area contributed by atoms with Gasteiger partial charge in [-0.25, -0.2) is 29.6 Å². The van der Waals surface area contributed by atoms with Crippen molar-refractivity contribution in [2.24, 2.45) is 0 Å². The van der Waals surface area contributed by atoms with E-state index in [-0.39, 0.29) is 59.6 Å². The van der Waals surface area contributed by atoms with Crippen LogP contribution in [-0.2, 0) is 26.2 Å². The molecule has 9 rings (SSSR count). The number of amides is 4. The van der Waals surface area contributed by atoms with Gasteiger partial charge < -0.3 is 19.7 Å². The van der Waals surface area contributed by atoms with Crippen molar-refractivity contribution in [1.29, 1.82) is 0 Å². The van der Waals surface area contributed by atoms with Crippen molar-refractivity contribution in [3.8, 4) is 23.0 Å². The summed E-state index contributed by atoms with van der Waals surface area (Å²) in [6, 6.07) is 25.4. The summed E-state index contributed by atoms with van der Waals surface area (Å²) in [4.78, 5) is 76.3. The normalized spacial score (nSPS) is 16.1. The topological polar surface area (TPSA) is 174 Å². The van der Waals surface area contributed by atoms with Crippen molar-refractivity contribution in [1.82, 2.24) is 20.0 Å². The second kappa shape index (κ2) is 12.2. The zero-order chi connectivity index (χ0) is 37.4. The van der Waals surface area contributed by atoms with E-state index in [0.717, 1.165) is 32.3 Å². The molecule has 0 saturated heterocycles. The Morgan fingerprint density at radius 1 is 0.426 bits per heavy atom. The number of carboxylic acid groups (broad SMARTS) is 2. The van der Waals surface area contributed by atoms with Crippen LogP contribution in [0.2, 0.25) is 0 Å². The third kappa shape index (κ3) is 5.36. The Balaban J connectivity index is 0.851. The molecule has 266 valence electrons. The smallest absolute Gasteiger partial charge is 0.335 e. The van der Waals surface area contributed by atoms with Crippen LogP contribution in [0.5, 0.6) is 23.0 Å². The fraction of sp³-hybridized carbons (Fsp3) is 0.100. The molecule has 0 aromatic heterocycles.